The van der Waals surface area contributed by atoms with Crippen molar-refractivity contribution in [2.45, 2.75) is 0 Å². The maximum atomic E-state index is 13.2. The number of amides is 2. The topological polar surface area (TPSA) is 80.4 Å². The molecule has 4 aromatic rings. The van der Waals surface area contributed by atoms with E-state index in [1.165, 1.54) is 4.90 Å². The van der Waals surface area contributed by atoms with Crippen LogP contribution in [0.15, 0.2) is 87.9 Å². The number of nitrogens with one attached hydrogen (secondary N) is 1. The molecule has 1 N–H and O–H groups in total. The molecule has 7 nitrogen and oxygen atoms in total. The minimum atomic E-state index is -0.337. The van der Waals surface area contributed by atoms with Gasteiger partial charge in [0.25, 0.3) is 5.91 Å². The maximum Gasteiger partial charge on any atom is 0.272 e. The smallest absolute Gasteiger partial charge is 0.272 e. The van der Waals surface area contributed by atoms with Crippen LogP contribution in [0.1, 0.15) is 10.5 Å². The second-order valence-electron chi connectivity index (χ2n) is 6.83. The van der Waals surface area contributed by atoms with Crippen molar-refractivity contribution in [3.8, 4) is 17.1 Å². The maximum absolute atomic E-state index is 13.2. The molecule has 0 aliphatic heterocycles. The highest BCUT2D eigenvalue weighted by Gasteiger charge is 2.23. The number of hydrogen-bond acceptors (Lipinski definition) is 4. The highest BCUT2D eigenvalue weighted by atomic mass is 79.9. The SMILES string of the molecule is CN(CC(=O)Nc1ccccc1Br)C(=O)c1cc(-c2ccco2)nn1-c1ccccc1. The minimum absolute atomic E-state index is 0.115. The van der Waals surface area contributed by atoms with Crippen molar-refractivity contribution < 1.29 is 14.0 Å². The van der Waals surface area contributed by atoms with E-state index in [1.807, 2.05) is 48.5 Å². The van der Waals surface area contributed by atoms with E-state index in [-0.39, 0.29) is 18.4 Å². The Bertz CT molecular complexity index is 1200. The lowest BCUT2D eigenvalue weighted by atomic mass is 10.2. The standard InChI is InChI=1S/C23H19BrN4O3/c1-27(15-22(29)25-18-11-6-5-10-17(18)24)23(30)20-14-19(21-12-7-13-31-21)26-28(20)16-8-3-2-4-9-16/h2-14H,15H2,1H3,(H,25,29). The predicted octanol–water partition coefficient (Wildman–Crippen LogP) is 4.61. The fourth-order valence-electron chi connectivity index (χ4n) is 3.08. The van der Waals surface area contributed by atoms with Gasteiger partial charge in [-0.25, -0.2) is 4.68 Å². The van der Waals surface area contributed by atoms with Gasteiger partial charge in [0.1, 0.15) is 11.4 Å². The number of likely N-dealkylation sites (N-methyl/N-ethyl adjacent to an activating group) is 1. The van der Waals surface area contributed by atoms with Crippen molar-refractivity contribution >= 4 is 33.4 Å². The molecule has 0 aliphatic rings. The van der Waals surface area contributed by atoms with Crippen molar-refractivity contribution in [2.75, 3.05) is 18.9 Å². The summed E-state index contributed by atoms with van der Waals surface area (Å²) >= 11 is 3.40. The third kappa shape index (κ3) is 4.59. The fourth-order valence-corrected chi connectivity index (χ4v) is 3.46. The molecular weight excluding hydrogens is 460 g/mol. The Morgan fingerprint density at radius 1 is 1.06 bits per heavy atom. The number of aromatic nitrogens is 2. The van der Waals surface area contributed by atoms with Crippen LogP contribution in [0.2, 0.25) is 0 Å². The molecular formula is C23H19BrN4O3. The summed E-state index contributed by atoms with van der Waals surface area (Å²) < 4.78 is 7.76. The van der Waals surface area contributed by atoms with Crippen LogP contribution in [-0.4, -0.2) is 40.1 Å². The van der Waals surface area contributed by atoms with E-state index in [9.17, 15) is 9.59 Å². The normalized spacial score (nSPS) is 10.6. The number of halogens is 1. The summed E-state index contributed by atoms with van der Waals surface area (Å²) in [5.74, 6) is -0.0886. The molecule has 0 radical (unpaired) electrons. The second kappa shape index (κ2) is 9.01. The molecule has 0 atom stereocenters. The van der Waals surface area contributed by atoms with Gasteiger partial charge in [-0.05, 0) is 52.3 Å². The number of rotatable bonds is 6. The molecule has 156 valence electrons. The Kier molecular flexibility index (Phi) is 5.99. The third-order valence-corrected chi connectivity index (χ3v) is 5.27. The van der Waals surface area contributed by atoms with Crippen LogP contribution in [0.5, 0.6) is 0 Å². The van der Waals surface area contributed by atoms with Crippen molar-refractivity contribution in [1.82, 2.24) is 14.7 Å². The molecule has 2 aromatic carbocycles. The number of furan rings is 1. The van der Waals surface area contributed by atoms with E-state index in [0.29, 0.717) is 22.8 Å². The molecule has 2 heterocycles. The van der Waals surface area contributed by atoms with E-state index < -0.39 is 0 Å². The van der Waals surface area contributed by atoms with E-state index in [4.69, 9.17) is 4.42 Å². The Labute approximate surface area is 187 Å². The molecule has 0 spiro atoms. The molecule has 0 aliphatic carbocycles. The van der Waals surface area contributed by atoms with Crippen molar-refractivity contribution in [3.05, 3.63) is 89.2 Å². The molecule has 0 bridgehead atoms. The lowest BCUT2D eigenvalue weighted by molar-refractivity contribution is -0.116. The van der Waals surface area contributed by atoms with E-state index in [1.54, 1.807) is 42.3 Å². The predicted molar refractivity (Wildman–Crippen MR) is 121 cm³/mol. The number of benzene rings is 2. The van der Waals surface area contributed by atoms with E-state index >= 15 is 0 Å². The van der Waals surface area contributed by atoms with Gasteiger partial charge in [-0.2, -0.15) is 5.10 Å². The van der Waals surface area contributed by atoms with Crippen LogP contribution in [-0.2, 0) is 4.79 Å². The summed E-state index contributed by atoms with van der Waals surface area (Å²) in [7, 11) is 1.58. The third-order valence-electron chi connectivity index (χ3n) is 4.58. The summed E-state index contributed by atoms with van der Waals surface area (Å²) in [5, 5.41) is 7.36. The van der Waals surface area contributed by atoms with Gasteiger partial charge in [-0.3, -0.25) is 9.59 Å². The molecule has 2 amide bonds. The summed E-state index contributed by atoms with van der Waals surface area (Å²) in [6.07, 6.45) is 1.55. The minimum Gasteiger partial charge on any atom is -0.463 e. The van der Waals surface area contributed by atoms with Crippen LogP contribution in [0, 0.1) is 0 Å². The molecule has 0 saturated heterocycles. The first-order valence-electron chi connectivity index (χ1n) is 9.52. The quantitative estimate of drug-likeness (QED) is 0.438. The number of para-hydroxylation sites is 2. The van der Waals surface area contributed by atoms with Crippen LogP contribution < -0.4 is 5.32 Å². The van der Waals surface area contributed by atoms with Crippen LogP contribution in [0.25, 0.3) is 17.1 Å². The number of carbonyl (C=O) groups is 2. The zero-order valence-corrected chi connectivity index (χ0v) is 18.2. The van der Waals surface area contributed by atoms with Gasteiger partial charge in [0.05, 0.1) is 24.2 Å². The van der Waals surface area contributed by atoms with Crippen molar-refractivity contribution in [1.29, 1.82) is 0 Å². The lowest BCUT2D eigenvalue weighted by Crippen LogP contribution is -2.36. The average Bonchev–Trinajstić information content (AvgIpc) is 3.45. The molecule has 2 aromatic heterocycles. The highest BCUT2D eigenvalue weighted by molar-refractivity contribution is 9.10. The summed E-state index contributed by atoms with van der Waals surface area (Å²) in [6, 6.07) is 21.8. The second-order valence-corrected chi connectivity index (χ2v) is 7.68. The molecule has 8 heteroatoms. The zero-order chi connectivity index (χ0) is 21.8. The molecule has 31 heavy (non-hydrogen) atoms. The van der Waals surface area contributed by atoms with Gasteiger partial charge in [0, 0.05) is 17.6 Å². The lowest BCUT2D eigenvalue weighted by Gasteiger charge is -2.18. The average molecular weight is 479 g/mol. The molecule has 0 unspecified atom stereocenters. The van der Waals surface area contributed by atoms with Gasteiger partial charge in [0.15, 0.2) is 5.76 Å². The number of carbonyl (C=O) groups excluding carboxylic acids is 2. The van der Waals surface area contributed by atoms with Gasteiger partial charge < -0.3 is 14.6 Å². The van der Waals surface area contributed by atoms with E-state index in [2.05, 4.69) is 26.3 Å². The Hall–Kier alpha value is -3.65. The largest absolute Gasteiger partial charge is 0.463 e. The number of hydrogen-bond donors (Lipinski definition) is 1. The zero-order valence-electron chi connectivity index (χ0n) is 16.7. The van der Waals surface area contributed by atoms with Crippen LogP contribution in [0.3, 0.4) is 0 Å². The van der Waals surface area contributed by atoms with Crippen LogP contribution >= 0.6 is 15.9 Å². The number of nitrogens with zero attached hydrogens (tertiary/aromatic N) is 3. The Morgan fingerprint density at radius 2 is 1.81 bits per heavy atom. The first-order chi connectivity index (χ1) is 15.0. The van der Waals surface area contributed by atoms with Crippen molar-refractivity contribution in [3.63, 3.8) is 0 Å². The fraction of sp³-hybridized carbons (Fsp3) is 0.0870. The summed E-state index contributed by atoms with van der Waals surface area (Å²) in [5.41, 5.74) is 2.23. The van der Waals surface area contributed by atoms with Crippen molar-refractivity contribution in [2.24, 2.45) is 0 Å². The molecule has 4 rings (SSSR count). The first-order valence-corrected chi connectivity index (χ1v) is 10.3. The van der Waals surface area contributed by atoms with Gasteiger partial charge in [-0.1, -0.05) is 30.3 Å². The van der Waals surface area contributed by atoms with Gasteiger partial charge in [-0.15, -0.1) is 0 Å². The summed E-state index contributed by atoms with van der Waals surface area (Å²) in [6.45, 7) is -0.115. The summed E-state index contributed by atoms with van der Waals surface area (Å²) in [4.78, 5) is 27.1. The molecule has 0 fully saturated rings. The Morgan fingerprint density at radius 3 is 2.52 bits per heavy atom. The molecule has 0 saturated carbocycles. The number of anilines is 1. The van der Waals surface area contributed by atoms with Gasteiger partial charge >= 0.3 is 0 Å². The van der Waals surface area contributed by atoms with Gasteiger partial charge in [0.2, 0.25) is 5.91 Å². The van der Waals surface area contributed by atoms with E-state index in [0.717, 1.165) is 10.2 Å². The monoisotopic (exact) mass is 478 g/mol. The van der Waals surface area contributed by atoms with Crippen LogP contribution in [0.4, 0.5) is 5.69 Å². The highest BCUT2D eigenvalue weighted by Crippen LogP contribution is 2.23. The first kappa shape index (κ1) is 20.6. The Balaban J connectivity index is 1.58.